The number of nitrogens with zero attached hydrogens (tertiary/aromatic N) is 1. The predicted octanol–water partition coefficient (Wildman–Crippen LogP) is 4.71. The van der Waals surface area contributed by atoms with Gasteiger partial charge in [0.25, 0.3) is 5.91 Å². The molecule has 0 spiro atoms. The van der Waals surface area contributed by atoms with E-state index in [0.717, 1.165) is 27.9 Å². The topological polar surface area (TPSA) is 20.3 Å². The van der Waals surface area contributed by atoms with Crippen molar-refractivity contribution in [2.75, 3.05) is 4.90 Å². The second-order valence-corrected chi connectivity index (χ2v) is 6.96. The minimum atomic E-state index is -0.473. The summed E-state index contributed by atoms with van der Waals surface area (Å²) in [6.45, 7) is 2.14. The zero-order chi connectivity index (χ0) is 17.7. The minimum Gasteiger partial charge on any atom is -0.296 e. The van der Waals surface area contributed by atoms with Gasteiger partial charge in [-0.3, -0.25) is 9.69 Å². The van der Waals surface area contributed by atoms with E-state index in [1.54, 1.807) is 0 Å². The van der Waals surface area contributed by atoms with Crippen LogP contribution in [0.4, 0.5) is 5.69 Å². The van der Waals surface area contributed by atoms with Crippen LogP contribution in [0.2, 0.25) is 0 Å². The molecule has 124 valence electrons. The normalized spacial score (nSPS) is 22.3. The molecule has 0 bridgehead atoms. The smallest absolute Gasteiger partial charge is 0.259 e. The third-order valence-corrected chi connectivity index (χ3v) is 5.56. The molecule has 5 rings (SSSR count). The van der Waals surface area contributed by atoms with Crippen molar-refractivity contribution in [3.63, 3.8) is 0 Å². The summed E-state index contributed by atoms with van der Waals surface area (Å²) in [5, 5.41) is 0. The summed E-state index contributed by atoms with van der Waals surface area (Å²) in [5.74, 6) is 6.81. The first-order valence-corrected chi connectivity index (χ1v) is 8.81. The van der Waals surface area contributed by atoms with E-state index < -0.39 is 5.54 Å². The molecule has 0 aromatic heterocycles. The summed E-state index contributed by atoms with van der Waals surface area (Å²) >= 11 is 0. The fourth-order valence-electron chi connectivity index (χ4n) is 4.34. The van der Waals surface area contributed by atoms with Gasteiger partial charge >= 0.3 is 0 Å². The van der Waals surface area contributed by atoms with Gasteiger partial charge in [-0.05, 0) is 42.3 Å². The molecule has 0 saturated carbocycles. The Morgan fingerprint density at radius 1 is 0.885 bits per heavy atom. The second-order valence-electron chi connectivity index (χ2n) is 6.96. The first kappa shape index (κ1) is 15.0. The zero-order valence-electron chi connectivity index (χ0n) is 14.4. The molecule has 2 nitrogen and oxygen atoms in total. The lowest BCUT2D eigenvalue weighted by molar-refractivity contribution is 0.0982. The molecular formula is C24H17NO. The minimum absolute atomic E-state index is 0.0634. The molecule has 0 aliphatic carbocycles. The SMILES string of the molecule is C[C@]12c3ccccc3C(=O)N1c1ccccc1[C@H]2C#Cc1ccccc1. The zero-order valence-corrected chi connectivity index (χ0v) is 14.4. The number of hydrogen-bond acceptors (Lipinski definition) is 1. The number of carbonyl (C=O) groups excluding carboxylic acids is 1. The van der Waals surface area contributed by atoms with Crippen molar-refractivity contribution in [3.05, 3.63) is 101 Å². The Morgan fingerprint density at radius 3 is 2.42 bits per heavy atom. The number of fused-ring (bicyclic) bond motifs is 5. The second kappa shape index (κ2) is 5.34. The number of amides is 1. The highest BCUT2D eigenvalue weighted by molar-refractivity contribution is 6.14. The highest BCUT2D eigenvalue weighted by Gasteiger charge is 2.57. The lowest BCUT2D eigenvalue weighted by Crippen LogP contribution is -2.40. The predicted molar refractivity (Wildman–Crippen MR) is 103 cm³/mol. The van der Waals surface area contributed by atoms with Crippen molar-refractivity contribution < 1.29 is 4.79 Å². The summed E-state index contributed by atoms with van der Waals surface area (Å²) in [6.07, 6.45) is 0. The Kier molecular flexibility index (Phi) is 3.08. The van der Waals surface area contributed by atoms with Gasteiger partial charge in [0.1, 0.15) is 0 Å². The van der Waals surface area contributed by atoms with Gasteiger partial charge in [0, 0.05) is 16.8 Å². The molecule has 3 aromatic carbocycles. The van der Waals surface area contributed by atoms with Crippen LogP contribution < -0.4 is 4.90 Å². The van der Waals surface area contributed by atoms with Crippen LogP contribution in [0.3, 0.4) is 0 Å². The Morgan fingerprint density at radius 2 is 1.58 bits per heavy atom. The highest BCUT2D eigenvalue weighted by atomic mass is 16.2. The quantitative estimate of drug-likeness (QED) is 0.545. The third-order valence-electron chi connectivity index (χ3n) is 5.56. The fraction of sp³-hybridized carbons (Fsp3) is 0.125. The van der Waals surface area contributed by atoms with Crippen molar-refractivity contribution in [2.24, 2.45) is 0 Å². The molecule has 0 unspecified atom stereocenters. The van der Waals surface area contributed by atoms with Crippen LogP contribution in [0.15, 0.2) is 78.9 Å². The highest BCUT2D eigenvalue weighted by Crippen LogP contribution is 2.57. The van der Waals surface area contributed by atoms with E-state index in [1.807, 2.05) is 71.6 Å². The molecule has 2 atom stereocenters. The molecule has 2 aliphatic heterocycles. The standard InChI is InChI=1S/C24H17NO/c1-24-20-13-7-5-12-19(20)23(26)25(24)22-14-8-6-11-18(22)21(24)16-15-17-9-3-2-4-10-17/h2-14,21H,1H3/t21-,24-/m1/s1. The third kappa shape index (κ3) is 1.86. The molecule has 0 radical (unpaired) electrons. The van der Waals surface area contributed by atoms with Gasteiger partial charge in [0.05, 0.1) is 11.5 Å². The average molecular weight is 335 g/mol. The molecular weight excluding hydrogens is 318 g/mol. The summed E-state index contributed by atoms with van der Waals surface area (Å²) < 4.78 is 0. The van der Waals surface area contributed by atoms with E-state index in [-0.39, 0.29) is 11.8 Å². The van der Waals surface area contributed by atoms with Gasteiger partial charge in [-0.2, -0.15) is 0 Å². The number of carbonyl (C=O) groups is 1. The molecule has 1 amide bonds. The largest absolute Gasteiger partial charge is 0.296 e. The van der Waals surface area contributed by atoms with E-state index in [0.29, 0.717) is 0 Å². The Labute approximate surface area is 153 Å². The maximum Gasteiger partial charge on any atom is 0.259 e. The lowest BCUT2D eigenvalue weighted by atomic mass is 9.79. The summed E-state index contributed by atoms with van der Waals surface area (Å²) in [4.78, 5) is 15.1. The van der Waals surface area contributed by atoms with Crippen molar-refractivity contribution >= 4 is 11.6 Å². The van der Waals surface area contributed by atoms with Crippen molar-refractivity contribution in [3.8, 4) is 11.8 Å². The van der Waals surface area contributed by atoms with Gasteiger partial charge < -0.3 is 0 Å². The first-order chi connectivity index (χ1) is 12.7. The molecule has 0 N–H and O–H groups in total. The Bertz CT molecular complexity index is 1090. The van der Waals surface area contributed by atoms with E-state index >= 15 is 0 Å². The molecule has 2 heteroatoms. The van der Waals surface area contributed by atoms with Crippen LogP contribution in [-0.4, -0.2) is 5.91 Å². The van der Waals surface area contributed by atoms with Gasteiger partial charge in [-0.1, -0.05) is 66.4 Å². The Balaban J connectivity index is 1.74. The number of benzene rings is 3. The van der Waals surface area contributed by atoms with E-state index in [2.05, 4.69) is 30.9 Å². The van der Waals surface area contributed by atoms with E-state index in [4.69, 9.17) is 0 Å². The van der Waals surface area contributed by atoms with Crippen LogP contribution in [0.25, 0.3) is 0 Å². The number of anilines is 1. The summed E-state index contributed by atoms with van der Waals surface area (Å²) in [7, 11) is 0. The maximum absolute atomic E-state index is 13.1. The Hall–Kier alpha value is -3.31. The van der Waals surface area contributed by atoms with Gasteiger partial charge in [-0.25, -0.2) is 0 Å². The number of para-hydroxylation sites is 1. The number of rotatable bonds is 0. The van der Waals surface area contributed by atoms with Gasteiger partial charge in [-0.15, -0.1) is 0 Å². The average Bonchev–Trinajstić information content (AvgIpc) is 3.08. The molecule has 3 aromatic rings. The summed E-state index contributed by atoms with van der Waals surface area (Å²) in [5.41, 5.74) is 4.47. The molecule has 26 heavy (non-hydrogen) atoms. The van der Waals surface area contributed by atoms with Crippen molar-refractivity contribution in [1.82, 2.24) is 0 Å². The van der Waals surface area contributed by atoms with Gasteiger partial charge in [0.15, 0.2) is 0 Å². The molecule has 2 heterocycles. The van der Waals surface area contributed by atoms with Crippen LogP contribution in [0.5, 0.6) is 0 Å². The van der Waals surface area contributed by atoms with Crippen molar-refractivity contribution in [2.45, 2.75) is 18.4 Å². The number of hydrogen-bond donors (Lipinski definition) is 0. The molecule has 2 aliphatic rings. The van der Waals surface area contributed by atoms with Crippen LogP contribution >= 0.6 is 0 Å². The lowest BCUT2D eigenvalue weighted by Gasteiger charge is -2.32. The molecule has 0 fully saturated rings. The van der Waals surface area contributed by atoms with Crippen LogP contribution in [-0.2, 0) is 5.54 Å². The van der Waals surface area contributed by atoms with E-state index in [1.165, 1.54) is 0 Å². The van der Waals surface area contributed by atoms with Crippen LogP contribution in [0.1, 0.15) is 39.9 Å². The maximum atomic E-state index is 13.1. The fourth-order valence-corrected chi connectivity index (χ4v) is 4.34. The first-order valence-electron chi connectivity index (χ1n) is 8.81. The van der Waals surface area contributed by atoms with Gasteiger partial charge in [0.2, 0.25) is 0 Å². The monoisotopic (exact) mass is 335 g/mol. The molecule has 0 saturated heterocycles. The van der Waals surface area contributed by atoms with Crippen molar-refractivity contribution in [1.29, 1.82) is 0 Å². The van der Waals surface area contributed by atoms with E-state index in [9.17, 15) is 4.79 Å². The summed E-state index contributed by atoms with van der Waals surface area (Å²) in [6, 6.07) is 26.1. The van der Waals surface area contributed by atoms with Crippen LogP contribution in [0, 0.1) is 11.8 Å².